The van der Waals surface area contributed by atoms with Gasteiger partial charge in [0.2, 0.25) is 5.91 Å². The number of hydrogen-bond acceptors (Lipinski definition) is 6. The highest BCUT2D eigenvalue weighted by Gasteiger charge is 2.46. The molecular weight excluding hydrogens is 312 g/mol. The predicted molar refractivity (Wildman–Crippen MR) is 85.5 cm³/mol. The highest BCUT2D eigenvalue weighted by atomic mass is 16.6. The minimum atomic E-state index is -0.667. The molecule has 1 fully saturated rings. The van der Waals surface area contributed by atoms with Gasteiger partial charge in [-0.15, -0.1) is 0 Å². The number of hydrogen-bond donors (Lipinski definition) is 1. The molecule has 0 aromatic rings. The summed E-state index contributed by atoms with van der Waals surface area (Å²) in [5.74, 6) is -0.823. The first-order chi connectivity index (χ1) is 11.1. The van der Waals surface area contributed by atoms with Gasteiger partial charge in [0.1, 0.15) is 12.0 Å². The zero-order chi connectivity index (χ0) is 18.4. The second kappa shape index (κ2) is 8.13. The SMILES string of the molecule is COC(=O)CC1(NC(=O)CC#N)CC(CCC(=O)OC(C)(C)C)C1. The Hall–Kier alpha value is -2.10. The van der Waals surface area contributed by atoms with Crippen LogP contribution in [0.2, 0.25) is 0 Å². The highest BCUT2D eigenvalue weighted by molar-refractivity contribution is 5.80. The molecule has 0 spiro atoms. The van der Waals surface area contributed by atoms with E-state index in [4.69, 9.17) is 10.00 Å². The average Bonchev–Trinajstić information content (AvgIpc) is 2.40. The van der Waals surface area contributed by atoms with Gasteiger partial charge in [-0.1, -0.05) is 0 Å². The molecule has 134 valence electrons. The number of rotatable bonds is 7. The van der Waals surface area contributed by atoms with Crippen LogP contribution >= 0.6 is 0 Å². The fourth-order valence-corrected chi connectivity index (χ4v) is 3.01. The molecule has 0 radical (unpaired) electrons. The maximum atomic E-state index is 11.7. The maximum absolute atomic E-state index is 11.7. The standard InChI is InChI=1S/C17H26N2O5/c1-16(2,3)24-14(21)6-5-12-9-17(10-12,11-15(22)23-4)19-13(20)7-8-18/h12H,5-7,9-11H2,1-4H3,(H,19,20). The molecule has 0 aliphatic heterocycles. The monoisotopic (exact) mass is 338 g/mol. The fraction of sp³-hybridized carbons (Fsp3) is 0.765. The Morgan fingerprint density at radius 1 is 1.25 bits per heavy atom. The van der Waals surface area contributed by atoms with Crippen molar-refractivity contribution in [1.29, 1.82) is 5.26 Å². The van der Waals surface area contributed by atoms with Gasteiger partial charge in [-0.2, -0.15) is 5.26 Å². The van der Waals surface area contributed by atoms with Gasteiger partial charge in [0.05, 0.1) is 25.1 Å². The Morgan fingerprint density at radius 3 is 2.38 bits per heavy atom. The van der Waals surface area contributed by atoms with Crippen LogP contribution in [-0.2, 0) is 23.9 Å². The number of methoxy groups -OCH3 is 1. The van der Waals surface area contributed by atoms with Crippen molar-refractivity contribution in [3.63, 3.8) is 0 Å². The molecule has 0 unspecified atom stereocenters. The minimum absolute atomic E-state index is 0.0730. The Bertz CT molecular complexity index is 524. The van der Waals surface area contributed by atoms with Gasteiger partial charge in [-0.3, -0.25) is 14.4 Å². The van der Waals surface area contributed by atoms with E-state index in [9.17, 15) is 14.4 Å². The van der Waals surface area contributed by atoms with Crippen LogP contribution in [0.3, 0.4) is 0 Å². The van der Waals surface area contributed by atoms with Gasteiger partial charge in [0.15, 0.2) is 0 Å². The molecule has 0 atom stereocenters. The summed E-state index contributed by atoms with van der Waals surface area (Å²) in [6.07, 6.45) is 1.95. The summed E-state index contributed by atoms with van der Waals surface area (Å²) in [7, 11) is 1.30. The van der Waals surface area contributed by atoms with Gasteiger partial charge < -0.3 is 14.8 Å². The molecule has 1 amide bonds. The van der Waals surface area contributed by atoms with Crippen molar-refractivity contribution < 1.29 is 23.9 Å². The zero-order valence-electron chi connectivity index (χ0n) is 14.8. The Labute approximate surface area is 142 Å². The van der Waals surface area contributed by atoms with Gasteiger partial charge in [0, 0.05) is 6.42 Å². The second-order valence-corrected chi connectivity index (χ2v) is 7.32. The number of esters is 2. The zero-order valence-corrected chi connectivity index (χ0v) is 14.8. The van der Waals surface area contributed by atoms with Crippen LogP contribution in [-0.4, -0.2) is 36.1 Å². The van der Waals surface area contributed by atoms with E-state index in [-0.39, 0.29) is 24.7 Å². The van der Waals surface area contributed by atoms with Gasteiger partial charge in [-0.25, -0.2) is 0 Å². The van der Waals surface area contributed by atoms with E-state index in [0.29, 0.717) is 25.7 Å². The molecule has 0 saturated heterocycles. The molecule has 1 saturated carbocycles. The smallest absolute Gasteiger partial charge is 0.307 e. The minimum Gasteiger partial charge on any atom is -0.469 e. The van der Waals surface area contributed by atoms with E-state index in [1.807, 2.05) is 20.8 Å². The first-order valence-corrected chi connectivity index (χ1v) is 8.06. The van der Waals surface area contributed by atoms with E-state index in [1.54, 1.807) is 6.07 Å². The number of amides is 1. The number of carbonyl (C=O) groups excluding carboxylic acids is 3. The van der Waals surface area contributed by atoms with Crippen LogP contribution in [0.1, 0.15) is 59.3 Å². The van der Waals surface area contributed by atoms with Crippen molar-refractivity contribution in [3.8, 4) is 6.07 Å². The highest BCUT2D eigenvalue weighted by Crippen LogP contribution is 2.43. The van der Waals surface area contributed by atoms with Crippen molar-refractivity contribution in [1.82, 2.24) is 5.32 Å². The van der Waals surface area contributed by atoms with Crippen molar-refractivity contribution in [2.75, 3.05) is 7.11 Å². The van der Waals surface area contributed by atoms with E-state index in [0.717, 1.165) is 0 Å². The van der Waals surface area contributed by atoms with Crippen LogP contribution in [0, 0.1) is 17.2 Å². The summed E-state index contributed by atoms with van der Waals surface area (Å²) < 4.78 is 9.95. The molecule has 1 aliphatic rings. The third kappa shape index (κ3) is 6.57. The molecular formula is C17H26N2O5. The van der Waals surface area contributed by atoms with Crippen LogP contribution < -0.4 is 5.32 Å². The number of nitrogens with one attached hydrogen (secondary N) is 1. The van der Waals surface area contributed by atoms with Crippen LogP contribution in [0.25, 0.3) is 0 Å². The molecule has 24 heavy (non-hydrogen) atoms. The van der Waals surface area contributed by atoms with Crippen molar-refractivity contribution in [2.24, 2.45) is 5.92 Å². The first kappa shape index (κ1) is 19.9. The Kier molecular flexibility index (Phi) is 6.76. The molecule has 7 heteroatoms. The normalized spacial score (nSPS) is 22.7. The van der Waals surface area contributed by atoms with Crippen LogP contribution in [0.15, 0.2) is 0 Å². The molecule has 7 nitrogen and oxygen atoms in total. The molecule has 1 rings (SSSR count). The molecule has 1 N–H and O–H groups in total. The van der Waals surface area contributed by atoms with E-state index in [2.05, 4.69) is 10.1 Å². The van der Waals surface area contributed by atoms with E-state index >= 15 is 0 Å². The summed E-state index contributed by atoms with van der Waals surface area (Å²) >= 11 is 0. The van der Waals surface area contributed by atoms with Crippen molar-refractivity contribution in [3.05, 3.63) is 0 Å². The third-order valence-corrected chi connectivity index (χ3v) is 3.89. The van der Waals surface area contributed by atoms with Crippen LogP contribution in [0.5, 0.6) is 0 Å². The average molecular weight is 338 g/mol. The summed E-state index contributed by atoms with van der Waals surface area (Å²) in [4.78, 5) is 35.0. The summed E-state index contributed by atoms with van der Waals surface area (Å²) in [5.41, 5.74) is -1.17. The quantitative estimate of drug-likeness (QED) is 0.710. The van der Waals surface area contributed by atoms with Gasteiger partial charge >= 0.3 is 11.9 Å². The molecule has 1 aliphatic carbocycles. The molecule has 0 heterocycles. The Morgan fingerprint density at radius 2 is 1.88 bits per heavy atom. The maximum Gasteiger partial charge on any atom is 0.307 e. The Balaban J connectivity index is 2.51. The summed E-state index contributed by atoms with van der Waals surface area (Å²) in [6.45, 7) is 5.46. The number of carbonyl (C=O) groups is 3. The molecule has 0 aromatic heterocycles. The topological polar surface area (TPSA) is 105 Å². The van der Waals surface area contributed by atoms with Gasteiger partial charge in [-0.05, 0) is 46.0 Å². The number of ether oxygens (including phenoxy) is 2. The largest absolute Gasteiger partial charge is 0.469 e. The fourth-order valence-electron chi connectivity index (χ4n) is 3.01. The predicted octanol–water partition coefficient (Wildman–Crippen LogP) is 1.85. The molecule has 0 aromatic carbocycles. The van der Waals surface area contributed by atoms with Crippen LogP contribution in [0.4, 0.5) is 0 Å². The second-order valence-electron chi connectivity index (χ2n) is 7.32. The summed E-state index contributed by atoms with van der Waals surface area (Å²) in [6, 6.07) is 1.79. The lowest BCUT2D eigenvalue weighted by molar-refractivity contribution is -0.156. The van der Waals surface area contributed by atoms with E-state index in [1.165, 1.54) is 7.11 Å². The van der Waals surface area contributed by atoms with Crippen molar-refractivity contribution >= 4 is 17.8 Å². The lowest BCUT2D eigenvalue weighted by Crippen LogP contribution is -2.58. The number of nitriles is 1. The van der Waals surface area contributed by atoms with Gasteiger partial charge in [0.25, 0.3) is 0 Å². The van der Waals surface area contributed by atoms with Crippen molar-refractivity contribution in [2.45, 2.75) is 70.4 Å². The van der Waals surface area contributed by atoms with E-state index < -0.39 is 23.0 Å². The molecule has 0 bridgehead atoms. The number of nitrogens with zero attached hydrogens (tertiary/aromatic N) is 1. The third-order valence-electron chi connectivity index (χ3n) is 3.89. The first-order valence-electron chi connectivity index (χ1n) is 8.06. The summed E-state index contributed by atoms with van der Waals surface area (Å²) in [5, 5.41) is 11.4. The lowest BCUT2D eigenvalue weighted by Gasteiger charge is -2.47. The lowest BCUT2D eigenvalue weighted by atomic mass is 9.65.